The van der Waals surface area contributed by atoms with Crippen molar-refractivity contribution in [3.05, 3.63) is 40.4 Å². The van der Waals surface area contributed by atoms with Gasteiger partial charge in [-0.2, -0.15) is 5.26 Å². The summed E-state index contributed by atoms with van der Waals surface area (Å²) in [5.41, 5.74) is 0.679. The number of nitrogens with one attached hydrogen (secondary N) is 1. The molecule has 0 unspecified atom stereocenters. The minimum atomic E-state index is -0.719. The van der Waals surface area contributed by atoms with Crippen LogP contribution < -0.4 is 5.32 Å². The van der Waals surface area contributed by atoms with Crippen LogP contribution in [0.3, 0.4) is 0 Å². The highest BCUT2D eigenvalue weighted by Gasteiger charge is 2.16. The van der Waals surface area contributed by atoms with E-state index in [9.17, 15) is 9.59 Å². The zero-order chi connectivity index (χ0) is 15.8. The number of anilines is 1. The Labute approximate surface area is 128 Å². The number of carbonyl (C=O) groups excluding carboxylic acids is 2. The monoisotopic (exact) mass is 306 g/mol. The van der Waals surface area contributed by atoms with Crippen LogP contribution in [0.2, 0.25) is 5.02 Å². The smallest absolute Gasteiger partial charge is 0.348 e. The van der Waals surface area contributed by atoms with Crippen LogP contribution in [0.25, 0.3) is 0 Å². The van der Waals surface area contributed by atoms with Gasteiger partial charge in [-0.1, -0.05) is 23.7 Å². The van der Waals surface area contributed by atoms with Crippen molar-refractivity contribution in [2.75, 3.05) is 11.9 Å². The molecule has 0 heterocycles. The van der Waals surface area contributed by atoms with Gasteiger partial charge in [0.2, 0.25) is 5.91 Å². The minimum Gasteiger partial charge on any atom is -0.462 e. The molecule has 1 amide bonds. The van der Waals surface area contributed by atoms with Crippen LogP contribution in [-0.2, 0) is 14.3 Å². The number of carbonyl (C=O) groups is 2. The van der Waals surface area contributed by atoms with Crippen molar-refractivity contribution in [3.63, 3.8) is 0 Å². The van der Waals surface area contributed by atoms with Crippen molar-refractivity contribution < 1.29 is 14.3 Å². The molecular weight excluding hydrogens is 292 g/mol. The highest BCUT2D eigenvalue weighted by Crippen LogP contribution is 2.21. The molecule has 0 aliphatic heterocycles. The standard InChI is InChI=1S/C15H15ClN2O3/c1-3-21-15(20)11(9-17)10(2)8-14(19)18-13-7-5-4-6-12(13)16/h4-7H,3,8H2,1-2H3,(H,18,19)/b11-10+. The topological polar surface area (TPSA) is 79.2 Å². The first-order chi connectivity index (χ1) is 9.99. The lowest BCUT2D eigenvalue weighted by atomic mass is 10.1. The molecule has 0 saturated carbocycles. The van der Waals surface area contributed by atoms with E-state index in [2.05, 4.69) is 5.32 Å². The molecule has 110 valence electrons. The van der Waals surface area contributed by atoms with Crippen LogP contribution in [0.15, 0.2) is 35.4 Å². The maximum Gasteiger partial charge on any atom is 0.348 e. The number of hydrogen-bond donors (Lipinski definition) is 1. The van der Waals surface area contributed by atoms with E-state index in [1.54, 1.807) is 44.2 Å². The molecule has 6 heteroatoms. The van der Waals surface area contributed by atoms with Gasteiger partial charge in [-0.15, -0.1) is 0 Å². The summed E-state index contributed by atoms with van der Waals surface area (Å²) in [7, 11) is 0. The molecule has 0 atom stereocenters. The fourth-order valence-electron chi connectivity index (χ4n) is 1.60. The maximum absolute atomic E-state index is 11.9. The predicted octanol–water partition coefficient (Wildman–Crippen LogP) is 3.07. The molecule has 0 spiro atoms. The van der Waals surface area contributed by atoms with Crippen LogP contribution >= 0.6 is 11.6 Å². The molecule has 0 radical (unpaired) electrons. The fourth-order valence-corrected chi connectivity index (χ4v) is 1.79. The number of nitrogens with zero attached hydrogens (tertiary/aromatic N) is 1. The van der Waals surface area contributed by atoms with Crippen LogP contribution in [0, 0.1) is 11.3 Å². The summed E-state index contributed by atoms with van der Waals surface area (Å²) in [6, 6.07) is 8.57. The van der Waals surface area contributed by atoms with Gasteiger partial charge in [0.15, 0.2) is 0 Å². The van der Waals surface area contributed by atoms with E-state index in [4.69, 9.17) is 21.6 Å². The van der Waals surface area contributed by atoms with Gasteiger partial charge >= 0.3 is 5.97 Å². The van der Waals surface area contributed by atoms with E-state index >= 15 is 0 Å². The average Bonchev–Trinajstić information content (AvgIpc) is 2.42. The number of benzene rings is 1. The highest BCUT2D eigenvalue weighted by molar-refractivity contribution is 6.33. The lowest BCUT2D eigenvalue weighted by molar-refractivity contribution is -0.138. The lowest BCUT2D eigenvalue weighted by Crippen LogP contribution is -2.15. The quantitative estimate of drug-likeness (QED) is 0.515. The van der Waals surface area contributed by atoms with E-state index in [0.717, 1.165) is 0 Å². The van der Waals surface area contributed by atoms with Crippen molar-refractivity contribution in [1.29, 1.82) is 5.26 Å². The number of esters is 1. The van der Waals surface area contributed by atoms with Gasteiger partial charge in [0.1, 0.15) is 11.6 Å². The van der Waals surface area contributed by atoms with Crippen LogP contribution in [0.5, 0.6) is 0 Å². The second-order valence-corrected chi connectivity index (χ2v) is 4.60. The maximum atomic E-state index is 11.9. The third-order valence-corrected chi connectivity index (χ3v) is 2.92. The Morgan fingerprint density at radius 3 is 2.62 bits per heavy atom. The van der Waals surface area contributed by atoms with E-state index in [1.165, 1.54) is 0 Å². The van der Waals surface area contributed by atoms with Crippen molar-refractivity contribution in [1.82, 2.24) is 0 Å². The van der Waals surface area contributed by atoms with E-state index < -0.39 is 5.97 Å². The third-order valence-electron chi connectivity index (χ3n) is 2.59. The fraction of sp³-hybridized carbons (Fsp3) is 0.267. The zero-order valence-corrected chi connectivity index (χ0v) is 12.5. The van der Waals surface area contributed by atoms with Crippen LogP contribution in [-0.4, -0.2) is 18.5 Å². The Morgan fingerprint density at radius 1 is 1.38 bits per heavy atom. The summed E-state index contributed by atoms with van der Waals surface area (Å²) < 4.78 is 4.76. The SMILES string of the molecule is CCOC(=O)/C(C#N)=C(\C)CC(=O)Nc1ccccc1Cl. The van der Waals surface area contributed by atoms with E-state index in [-0.39, 0.29) is 24.5 Å². The molecule has 0 saturated heterocycles. The van der Waals surface area contributed by atoms with Gasteiger partial charge in [-0.25, -0.2) is 4.79 Å². The normalized spacial score (nSPS) is 11.1. The molecule has 0 aliphatic rings. The summed E-state index contributed by atoms with van der Waals surface area (Å²) in [5, 5.41) is 12.0. The molecular formula is C15H15ClN2O3. The molecule has 21 heavy (non-hydrogen) atoms. The number of halogens is 1. The first-order valence-electron chi connectivity index (χ1n) is 6.31. The summed E-state index contributed by atoms with van der Waals surface area (Å²) in [6.45, 7) is 3.36. The molecule has 1 aromatic carbocycles. The highest BCUT2D eigenvalue weighted by atomic mass is 35.5. The number of nitriles is 1. The predicted molar refractivity (Wildman–Crippen MR) is 79.6 cm³/mol. The Hall–Kier alpha value is -2.32. The number of hydrogen-bond acceptors (Lipinski definition) is 4. The lowest BCUT2D eigenvalue weighted by Gasteiger charge is -2.08. The van der Waals surface area contributed by atoms with Crippen molar-refractivity contribution in [2.24, 2.45) is 0 Å². The van der Waals surface area contributed by atoms with Gasteiger partial charge in [0.05, 0.1) is 17.3 Å². The first-order valence-corrected chi connectivity index (χ1v) is 6.68. The average molecular weight is 307 g/mol. The van der Waals surface area contributed by atoms with Gasteiger partial charge in [-0.05, 0) is 31.6 Å². The number of ether oxygens (including phenoxy) is 1. The van der Waals surface area contributed by atoms with Crippen molar-refractivity contribution in [2.45, 2.75) is 20.3 Å². The van der Waals surface area contributed by atoms with Crippen molar-refractivity contribution in [3.8, 4) is 6.07 Å². The number of para-hydroxylation sites is 1. The van der Waals surface area contributed by atoms with Gasteiger partial charge in [-0.3, -0.25) is 4.79 Å². The Bertz CT molecular complexity index is 618. The summed E-state index contributed by atoms with van der Waals surface area (Å²) in [5.74, 6) is -1.08. The van der Waals surface area contributed by atoms with E-state index in [0.29, 0.717) is 16.3 Å². The van der Waals surface area contributed by atoms with Gasteiger partial charge < -0.3 is 10.1 Å². The summed E-state index contributed by atoms with van der Waals surface area (Å²) in [6.07, 6.45) is -0.0903. The Morgan fingerprint density at radius 2 is 2.05 bits per heavy atom. The molecule has 0 aromatic heterocycles. The summed E-state index contributed by atoms with van der Waals surface area (Å²) >= 11 is 5.93. The van der Waals surface area contributed by atoms with Crippen LogP contribution in [0.4, 0.5) is 5.69 Å². The Balaban J connectivity index is 2.80. The van der Waals surface area contributed by atoms with E-state index in [1.807, 2.05) is 0 Å². The zero-order valence-electron chi connectivity index (χ0n) is 11.8. The molecule has 0 aliphatic carbocycles. The molecule has 1 rings (SSSR count). The molecule has 1 N–H and O–H groups in total. The van der Waals surface area contributed by atoms with Crippen LogP contribution in [0.1, 0.15) is 20.3 Å². The van der Waals surface area contributed by atoms with Crippen molar-refractivity contribution >= 4 is 29.2 Å². The summed E-state index contributed by atoms with van der Waals surface area (Å²) in [4.78, 5) is 23.5. The molecule has 0 bridgehead atoms. The Kier molecular flexibility index (Phi) is 6.44. The van der Waals surface area contributed by atoms with Gasteiger partial charge in [0, 0.05) is 6.42 Å². The second-order valence-electron chi connectivity index (χ2n) is 4.19. The molecule has 0 fully saturated rings. The molecule has 1 aromatic rings. The molecule has 5 nitrogen and oxygen atoms in total. The minimum absolute atomic E-state index is 0.0903. The van der Waals surface area contributed by atoms with Gasteiger partial charge in [0.25, 0.3) is 0 Å². The number of rotatable bonds is 5. The third kappa shape index (κ3) is 4.93. The first kappa shape index (κ1) is 16.7. The largest absolute Gasteiger partial charge is 0.462 e. The second kappa shape index (κ2) is 8.08. The number of amides is 1.